The Morgan fingerprint density at radius 1 is 1.46 bits per heavy atom. The van der Waals surface area contributed by atoms with Crippen molar-refractivity contribution in [3.63, 3.8) is 0 Å². The van der Waals surface area contributed by atoms with Crippen molar-refractivity contribution in [3.8, 4) is 0 Å². The third-order valence-electron chi connectivity index (χ3n) is 1.50. The summed E-state index contributed by atoms with van der Waals surface area (Å²) in [4.78, 5) is 13.4. The molecule has 0 N–H and O–H groups in total. The molecule has 0 saturated heterocycles. The molecule has 5 heteroatoms. The van der Waals surface area contributed by atoms with Gasteiger partial charge < -0.3 is 0 Å². The Morgan fingerprint density at radius 2 is 2.23 bits per heavy atom. The van der Waals surface area contributed by atoms with Gasteiger partial charge in [0, 0.05) is 0 Å². The van der Waals surface area contributed by atoms with Gasteiger partial charge in [0.2, 0.25) is 17.5 Å². The minimum atomic E-state index is 0.130. The summed E-state index contributed by atoms with van der Waals surface area (Å²) in [6.45, 7) is 1.82. The lowest BCUT2D eigenvalue weighted by molar-refractivity contribution is 0.565. The molecule has 1 aromatic rings. The standard InChI is InChI=1S/C8H6N2O2S/c1-6-2-3-7(9-5-11)4-8(6)10-13-12/h2-4H,1H3. The molecule has 0 unspecified atom stereocenters. The molecule has 0 aliphatic rings. The van der Waals surface area contributed by atoms with E-state index in [-0.39, 0.29) is 11.5 Å². The molecule has 0 spiro atoms. The molecule has 0 heterocycles. The average molecular weight is 194 g/mol. The van der Waals surface area contributed by atoms with E-state index in [0.717, 1.165) is 5.56 Å². The third kappa shape index (κ3) is 2.43. The zero-order valence-electron chi connectivity index (χ0n) is 6.85. The zero-order valence-corrected chi connectivity index (χ0v) is 7.67. The molecule has 0 aromatic heterocycles. The van der Waals surface area contributed by atoms with Crippen molar-refractivity contribution in [1.82, 2.24) is 0 Å². The van der Waals surface area contributed by atoms with Crippen molar-refractivity contribution < 1.29 is 9.00 Å². The van der Waals surface area contributed by atoms with E-state index in [1.807, 2.05) is 6.92 Å². The first-order chi connectivity index (χ1) is 6.27. The molecule has 0 bridgehead atoms. The molecule has 1 aromatic carbocycles. The largest absolute Gasteiger partial charge is 0.240 e. The van der Waals surface area contributed by atoms with Gasteiger partial charge in [0.1, 0.15) is 0 Å². The van der Waals surface area contributed by atoms with Crippen LogP contribution in [0.1, 0.15) is 5.56 Å². The van der Waals surface area contributed by atoms with Gasteiger partial charge in [0.15, 0.2) is 0 Å². The van der Waals surface area contributed by atoms with Crippen molar-refractivity contribution in [2.75, 3.05) is 0 Å². The van der Waals surface area contributed by atoms with E-state index in [0.29, 0.717) is 11.4 Å². The van der Waals surface area contributed by atoms with Crippen molar-refractivity contribution >= 4 is 28.9 Å². The van der Waals surface area contributed by atoms with Gasteiger partial charge >= 0.3 is 0 Å². The monoisotopic (exact) mass is 194 g/mol. The molecule has 0 atom stereocenters. The smallest absolute Gasteiger partial charge is 0.211 e. The first-order valence-electron chi connectivity index (χ1n) is 3.46. The van der Waals surface area contributed by atoms with Crippen LogP contribution in [0.15, 0.2) is 27.6 Å². The van der Waals surface area contributed by atoms with E-state index in [4.69, 9.17) is 0 Å². The minimum Gasteiger partial charge on any atom is -0.211 e. The molecular weight excluding hydrogens is 188 g/mol. The normalized spacial score (nSPS) is 8.69. The number of aliphatic imine (C=N–C) groups is 1. The summed E-state index contributed by atoms with van der Waals surface area (Å²) in [5.41, 5.74) is 1.86. The second kappa shape index (κ2) is 4.45. The predicted molar refractivity (Wildman–Crippen MR) is 49.2 cm³/mol. The SMILES string of the molecule is Cc1ccc(N=C=O)cc1N=S=O. The maximum Gasteiger partial charge on any atom is 0.240 e. The van der Waals surface area contributed by atoms with Crippen LogP contribution in [-0.2, 0) is 16.3 Å². The Hall–Kier alpha value is -1.58. The van der Waals surface area contributed by atoms with Crippen molar-refractivity contribution in [2.24, 2.45) is 9.36 Å². The number of nitrogens with zero attached hydrogens (tertiary/aromatic N) is 2. The van der Waals surface area contributed by atoms with E-state index in [1.165, 1.54) is 6.08 Å². The Morgan fingerprint density at radius 3 is 2.85 bits per heavy atom. The Kier molecular flexibility index (Phi) is 3.25. The van der Waals surface area contributed by atoms with E-state index in [2.05, 4.69) is 9.36 Å². The number of isocyanates is 1. The number of rotatable bonds is 2. The molecular formula is C8H6N2O2S. The van der Waals surface area contributed by atoms with Gasteiger partial charge in [-0.25, -0.2) is 4.79 Å². The first-order valence-corrected chi connectivity index (χ1v) is 4.16. The molecule has 13 heavy (non-hydrogen) atoms. The molecule has 0 amide bonds. The highest BCUT2D eigenvalue weighted by Crippen LogP contribution is 2.24. The van der Waals surface area contributed by atoms with Gasteiger partial charge in [-0.2, -0.15) is 13.6 Å². The maximum atomic E-state index is 10.2. The summed E-state index contributed by atoms with van der Waals surface area (Å²) in [5.74, 6) is 0. The molecule has 0 saturated carbocycles. The number of hydrogen-bond donors (Lipinski definition) is 0. The molecule has 0 fully saturated rings. The number of hydrogen-bond acceptors (Lipinski definition) is 4. The summed E-state index contributed by atoms with van der Waals surface area (Å²) >= 11 is 0.130. The van der Waals surface area contributed by atoms with Crippen molar-refractivity contribution in [2.45, 2.75) is 6.92 Å². The second-order valence-electron chi connectivity index (χ2n) is 2.34. The molecule has 4 nitrogen and oxygen atoms in total. The number of aryl methyl sites for hydroxylation is 1. The van der Waals surface area contributed by atoms with Crippen LogP contribution in [0, 0.1) is 6.92 Å². The Bertz CT molecular complexity index is 418. The quantitative estimate of drug-likeness (QED) is 0.534. The van der Waals surface area contributed by atoms with Crippen LogP contribution in [0.5, 0.6) is 0 Å². The van der Waals surface area contributed by atoms with Gasteiger partial charge in [-0.3, -0.25) is 0 Å². The summed E-state index contributed by atoms with van der Waals surface area (Å²) in [5, 5.41) is 0. The minimum absolute atomic E-state index is 0.130. The van der Waals surface area contributed by atoms with Crippen LogP contribution in [-0.4, -0.2) is 10.3 Å². The third-order valence-corrected chi connectivity index (χ3v) is 1.77. The zero-order chi connectivity index (χ0) is 9.68. The van der Waals surface area contributed by atoms with E-state index in [1.54, 1.807) is 18.2 Å². The Labute approximate surface area is 78.6 Å². The van der Waals surface area contributed by atoms with Gasteiger partial charge in [-0.05, 0) is 24.6 Å². The molecule has 0 aliphatic heterocycles. The van der Waals surface area contributed by atoms with Crippen LogP contribution in [0.2, 0.25) is 0 Å². The van der Waals surface area contributed by atoms with Crippen LogP contribution >= 0.6 is 0 Å². The summed E-state index contributed by atoms with van der Waals surface area (Å²) in [6, 6.07) is 4.96. The Balaban J connectivity index is 3.25. The van der Waals surface area contributed by atoms with Gasteiger partial charge in [0.05, 0.1) is 11.4 Å². The lowest BCUT2D eigenvalue weighted by atomic mass is 10.2. The summed E-state index contributed by atoms with van der Waals surface area (Å²) in [6.07, 6.45) is 1.42. The fraction of sp³-hybridized carbons (Fsp3) is 0.125. The molecule has 0 aliphatic carbocycles. The maximum absolute atomic E-state index is 10.2. The van der Waals surface area contributed by atoms with Crippen LogP contribution in [0.4, 0.5) is 11.4 Å². The fourth-order valence-electron chi connectivity index (χ4n) is 0.859. The molecule has 66 valence electrons. The fourth-order valence-corrected chi connectivity index (χ4v) is 1.14. The van der Waals surface area contributed by atoms with Crippen molar-refractivity contribution in [3.05, 3.63) is 23.8 Å². The highest BCUT2D eigenvalue weighted by Gasteiger charge is 1.97. The highest BCUT2D eigenvalue weighted by atomic mass is 32.1. The summed E-state index contributed by atoms with van der Waals surface area (Å²) < 4.78 is 13.8. The number of benzene rings is 1. The first kappa shape index (κ1) is 9.51. The molecule has 0 radical (unpaired) electrons. The summed E-state index contributed by atoms with van der Waals surface area (Å²) in [7, 11) is 0. The highest BCUT2D eigenvalue weighted by molar-refractivity contribution is 7.54. The van der Waals surface area contributed by atoms with Crippen LogP contribution < -0.4 is 0 Å². The van der Waals surface area contributed by atoms with Crippen molar-refractivity contribution in [1.29, 1.82) is 0 Å². The second-order valence-corrected chi connectivity index (χ2v) is 2.67. The van der Waals surface area contributed by atoms with Gasteiger partial charge in [-0.1, -0.05) is 6.07 Å². The van der Waals surface area contributed by atoms with Gasteiger partial charge in [-0.15, -0.1) is 0 Å². The van der Waals surface area contributed by atoms with Crippen LogP contribution in [0.25, 0.3) is 0 Å². The van der Waals surface area contributed by atoms with Crippen LogP contribution in [0.3, 0.4) is 0 Å². The van der Waals surface area contributed by atoms with Gasteiger partial charge in [0.25, 0.3) is 0 Å². The average Bonchev–Trinajstić information content (AvgIpc) is 2.12. The lowest BCUT2D eigenvalue weighted by Crippen LogP contribution is -1.72. The molecule has 1 rings (SSSR count). The van der Waals surface area contributed by atoms with E-state index in [9.17, 15) is 9.00 Å². The van der Waals surface area contributed by atoms with E-state index < -0.39 is 0 Å². The van der Waals surface area contributed by atoms with E-state index >= 15 is 0 Å². The number of carbonyl (C=O) groups excluding carboxylic acids is 1. The lowest BCUT2D eigenvalue weighted by Gasteiger charge is -1.97. The predicted octanol–water partition coefficient (Wildman–Crippen LogP) is 1.99. The topological polar surface area (TPSA) is 58.9 Å².